The number of hydrogen-bond donors (Lipinski definition) is 1. The molecule has 1 rings (SSSR count). The summed E-state index contributed by atoms with van der Waals surface area (Å²) in [6.07, 6.45) is 3.39. The third-order valence-corrected chi connectivity index (χ3v) is 1.24. The van der Waals surface area contributed by atoms with Gasteiger partial charge < -0.3 is 5.11 Å². The number of rotatable bonds is 2. The first-order chi connectivity index (χ1) is 6.70. The highest BCUT2D eigenvalue weighted by atomic mass is 16.4. The largest absolute Gasteiger partial charge is 0.478 e. The zero-order chi connectivity index (χ0) is 10.8. The van der Waals surface area contributed by atoms with Crippen LogP contribution in [0.25, 0.3) is 0 Å². The van der Waals surface area contributed by atoms with E-state index in [-0.39, 0.29) is 0 Å². The molecule has 0 saturated carbocycles. The Kier molecular flexibility index (Phi) is 6.68. The Bertz CT molecular complexity index is 302. The van der Waals surface area contributed by atoms with Gasteiger partial charge in [0.25, 0.3) is 0 Å². The molecule has 0 aliphatic rings. The molecule has 0 heterocycles. The van der Waals surface area contributed by atoms with Crippen LogP contribution in [0, 0.1) is 0 Å². The lowest BCUT2D eigenvalue weighted by Gasteiger charge is -1.81. The summed E-state index contributed by atoms with van der Waals surface area (Å²) in [6, 6.07) is 9.10. The van der Waals surface area contributed by atoms with Gasteiger partial charge in [0.05, 0.1) is 0 Å². The molecule has 0 aliphatic heterocycles. The maximum Gasteiger partial charge on any atom is 0.327 e. The van der Waals surface area contributed by atoms with Crippen LogP contribution in [0.15, 0.2) is 42.5 Å². The van der Waals surface area contributed by atoms with Crippen molar-refractivity contribution < 1.29 is 14.7 Å². The SMILES string of the molecule is C/C=C/C(=O)O.O=Cc1ccccc1. The van der Waals surface area contributed by atoms with E-state index in [1.54, 1.807) is 19.1 Å². The van der Waals surface area contributed by atoms with Crippen molar-refractivity contribution in [3.63, 3.8) is 0 Å². The average molecular weight is 192 g/mol. The highest BCUT2D eigenvalue weighted by Crippen LogP contribution is 1.91. The molecular weight excluding hydrogens is 180 g/mol. The van der Waals surface area contributed by atoms with Gasteiger partial charge in [0.1, 0.15) is 6.29 Å². The Morgan fingerprint density at radius 1 is 1.29 bits per heavy atom. The van der Waals surface area contributed by atoms with Gasteiger partial charge in [-0.2, -0.15) is 0 Å². The van der Waals surface area contributed by atoms with Gasteiger partial charge >= 0.3 is 5.97 Å². The van der Waals surface area contributed by atoms with E-state index in [1.807, 2.05) is 18.2 Å². The fourth-order valence-electron chi connectivity index (χ4n) is 0.674. The monoisotopic (exact) mass is 192 g/mol. The Morgan fingerprint density at radius 3 is 2.07 bits per heavy atom. The third kappa shape index (κ3) is 6.79. The van der Waals surface area contributed by atoms with Gasteiger partial charge in [-0.3, -0.25) is 4.79 Å². The van der Waals surface area contributed by atoms with Crippen molar-refractivity contribution in [2.24, 2.45) is 0 Å². The first-order valence-corrected chi connectivity index (χ1v) is 4.06. The topological polar surface area (TPSA) is 54.4 Å². The second-order valence-corrected chi connectivity index (χ2v) is 2.37. The van der Waals surface area contributed by atoms with Gasteiger partial charge in [0.2, 0.25) is 0 Å². The average Bonchev–Trinajstić information content (AvgIpc) is 2.20. The van der Waals surface area contributed by atoms with E-state index < -0.39 is 5.97 Å². The summed E-state index contributed by atoms with van der Waals surface area (Å²) in [4.78, 5) is 19.5. The second-order valence-electron chi connectivity index (χ2n) is 2.37. The van der Waals surface area contributed by atoms with Crippen LogP contribution in [0.1, 0.15) is 17.3 Å². The molecule has 0 spiro atoms. The number of carbonyl (C=O) groups is 2. The van der Waals surface area contributed by atoms with E-state index in [9.17, 15) is 9.59 Å². The van der Waals surface area contributed by atoms with E-state index in [2.05, 4.69) is 0 Å². The van der Waals surface area contributed by atoms with Gasteiger partial charge in [-0.25, -0.2) is 4.79 Å². The lowest BCUT2D eigenvalue weighted by atomic mass is 10.2. The minimum Gasteiger partial charge on any atom is -0.478 e. The van der Waals surface area contributed by atoms with E-state index in [1.165, 1.54) is 6.08 Å². The standard InChI is InChI=1S/C7H6O.C4H6O2/c8-6-7-4-2-1-3-5-7;1-2-3-4(5)6/h1-6H;2-3H,1H3,(H,5,6)/b;3-2+. The van der Waals surface area contributed by atoms with Gasteiger partial charge in [0, 0.05) is 11.6 Å². The summed E-state index contributed by atoms with van der Waals surface area (Å²) in [5, 5.41) is 7.83. The van der Waals surface area contributed by atoms with E-state index >= 15 is 0 Å². The quantitative estimate of drug-likeness (QED) is 0.577. The molecule has 0 saturated heterocycles. The molecule has 0 bridgehead atoms. The molecule has 0 amide bonds. The van der Waals surface area contributed by atoms with Crippen LogP contribution in [-0.4, -0.2) is 17.4 Å². The highest BCUT2D eigenvalue weighted by molar-refractivity contribution is 5.79. The van der Waals surface area contributed by atoms with Crippen LogP contribution in [0.4, 0.5) is 0 Å². The van der Waals surface area contributed by atoms with Gasteiger partial charge in [-0.1, -0.05) is 36.4 Å². The lowest BCUT2D eigenvalue weighted by Crippen LogP contribution is -1.83. The predicted octanol–water partition coefficient (Wildman–Crippen LogP) is 2.15. The van der Waals surface area contributed by atoms with Crippen molar-refractivity contribution in [1.29, 1.82) is 0 Å². The van der Waals surface area contributed by atoms with Gasteiger partial charge in [-0.15, -0.1) is 0 Å². The molecule has 74 valence electrons. The summed E-state index contributed by atoms with van der Waals surface area (Å²) < 4.78 is 0. The summed E-state index contributed by atoms with van der Waals surface area (Å²) in [7, 11) is 0. The maximum absolute atomic E-state index is 10.0. The number of aldehydes is 1. The molecule has 0 fully saturated rings. The Balaban J connectivity index is 0.000000255. The van der Waals surface area contributed by atoms with Crippen molar-refractivity contribution in [3.8, 4) is 0 Å². The molecule has 0 radical (unpaired) electrons. The molecule has 0 aromatic heterocycles. The summed E-state index contributed by atoms with van der Waals surface area (Å²) in [5.74, 6) is -0.891. The molecular formula is C11H12O3. The van der Waals surface area contributed by atoms with Crippen LogP contribution in [0.5, 0.6) is 0 Å². The van der Waals surface area contributed by atoms with E-state index in [0.717, 1.165) is 17.9 Å². The zero-order valence-corrected chi connectivity index (χ0v) is 7.88. The molecule has 1 aromatic carbocycles. The van der Waals surface area contributed by atoms with Gasteiger partial charge in [-0.05, 0) is 6.92 Å². The molecule has 1 aromatic rings. The normalized spacial score (nSPS) is 8.93. The first-order valence-electron chi connectivity index (χ1n) is 4.06. The number of carboxylic acids is 1. The van der Waals surface area contributed by atoms with Crippen molar-refractivity contribution >= 4 is 12.3 Å². The Hall–Kier alpha value is -1.90. The molecule has 14 heavy (non-hydrogen) atoms. The molecule has 0 unspecified atom stereocenters. The van der Waals surface area contributed by atoms with Crippen LogP contribution in [0.3, 0.4) is 0 Å². The fourth-order valence-corrected chi connectivity index (χ4v) is 0.674. The summed E-state index contributed by atoms with van der Waals surface area (Å²) in [5.41, 5.74) is 0.729. The fraction of sp³-hybridized carbons (Fsp3) is 0.0909. The molecule has 3 heteroatoms. The van der Waals surface area contributed by atoms with Crippen molar-refractivity contribution in [3.05, 3.63) is 48.0 Å². The van der Waals surface area contributed by atoms with Crippen molar-refractivity contribution in [2.75, 3.05) is 0 Å². The zero-order valence-electron chi connectivity index (χ0n) is 7.88. The number of allylic oxidation sites excluding steroid dienone is 1. The smallest absolute Gasteiger partial charge is 0.327 e. The van der Waals surface area contributed by atoms with E-state index in [4.69, 9.17) is 5.11 Å². The number of carbonyl (C=O) groups excluding carboxylic acids is 1. The summed E-state index contributed by atoms with van der Waals surface area (Å²) in [6.45, 7) is 1.66. The van der Waals surface area contributed by atoms with Gasteiger partial charge in [0.15, 0.2) is 0 Å². The highest BCUT2D eigenvalue weighted by Gasteiger charge is 1.80. The second kappa shape index (κ2) is 7.73. The first kappa shape index (κ1) is 12.1. The minimum atomic E-state index is -0.891. The molecule has 0 atom stereocenters. The Labute approximate surface area is 82.7 Å². The number of carboxylic acid groups (broad SMARTS) is 1. The number of hydrogen-bond acceptors (Lipinski definition) is 2. The van der Waals surface area contributed by atoms with Crippen molar-refractivity contribution in [2.45, 2.75) is 6.92 Å². The van der Waals surface area contributed by atoms with Crippen molar-refractivity contribution in [1.82, 2.24) is 0 Å². The van der Waals surface area contributed by atoms with Crippen LogP contribution < -0.4 is 0 Å². The summed E-state index contributed by atoms with van der Waals surface area (Å²) >= 11 is 0. The molecule has 3 nitrogen and oxygen atoms in total. The minimum absolute atomic E-state index is 0.729. The lowest BCUT2D eigenvalue weighted by molar-refractivity contribution is -0.131. The Morgan fingerprint density at radius 2 is 1.86 bits per heavy atom. The third-order valence-electron chi connectivity index (χ3n) is 1.24. The van der Waals surface area contributed by atoms with Crippen LogP contribution in [-0.2, 0) is 4.79 Å². The van der Waals surface area contributed by atoms with Crippen LogP contribution >= 0.6 is 0 Å². The molecule has 0 aliphatic carbocycles. The molecule has 1 N–H and O–H groups in total. The van der Waals surface area contributed by atoms with E-state index in [0.29, 0.717) is 0 Å². The maximum atomic E-state index is 10.0. The number of benzene rings is 1. The van der Waals surface area contributed by atoms with Crippen LogP contribution in [0.2, 0.25) is 0 Å². The predicted molar refractivity (Wildman–Crippen MR) is 54.3 cm³/mol. The number of aliphatic carboxylic acids is 1.